The minimum atomic E-state index is -0.973. The van der Waals surface area contributed by atoms with E-state index in [1.807, 2.05) is 0 Å². The molecule has 1 N–H and O–H groups in total. The molecule has 0 atom stereocenters. The molecule has 21 heavy (non-hydrogen) atoms. The lowest BCUT2D eigenvalue weighted by Gasteiger charge is -2.07. The van der Waals surface area contributed by atoms with Gasteiger partial charge in [-0.25, -0.2) is 4.79 Å². The van der Waals surface area contributed by atoms with Crippen LogP contribution in [0.25, 0.3) is 0 Å². The average molecular weight is 368 g/mol. The molecule has 2 rings (SSSR count). The van der Waals surface area contributed by atoms with Crippen molar-refractivity contribution in [1.29, 1.82) is 0 Å². The Morgan fingerprint density at radius 3 is 2.43 bits per heavy atom. The lowest BCUT2D eigenvalue weighted by atomic mass is 10.2. The molecule has 0 saturated heterocycles. The second-order valence-electron chi connectivity index (χ2n) is 4.26. The topological polar surface area (TPSA) is 80.4 Å². The van der Waals surface area contributed by atoms with E-state index in [2.05, 4.69) is 15.9 Å². The molecule has 0 spiro atoms. The van der Waals surface area contributed by atoms with Crippen LogP contribution in [0.5, 0.6) is 0 Å². The van der Waals surface area contributed by atoms with Crippen LogP contribution in [0.2, 0.25) is 0 Å². The number of carbonyl (C=O) groups is 1. The van der Waals surface area contributed by atoms with E-state index in [0.717, 1.165) is 9.79 Å². The number of hydrogen-bond donors (Lipinski definition) is 1. The van der Waals surface area contributed by atoms with Crippen LogP contribution < -0.4 is 0 Å². The Labute approximate surface area is 133 Å². The number of halogens is 1. The summed E-state index contributed by atoms with van der Waals surface area (Å²) in [6.45, 7) is 1.68. The fraction of sp³-hybridized carbons (Fsp3) is 0.0714. The zero-order chi connectivity index (χ0) is 15.6. The zero-order valence-electron chi connectivity index (χ0n) is 10.9. The molecule has 108 valence electrons. The van der Waals surface area contributed by atoms with Crippen LogP contribution in [0.4, 0.5) is 5.69 Å². The third-order valence-corrected chi connectivity index (χ3v) is 4.76. The van der Waals surface area contributed by atoms with Gasteiger partial charge in [0, 0.05) is 25.9 Å². The Morgan fingerprint density at radius 1 is 1.29 bits per heavy atom. The first-order chi connectivity index (χ1) is 9.88. The summed E-state index contributed by atoms with van der Waals surface area (Å²) in [7, 11) is 0. The summed E-state index contributed by atoms with van der Waals surface area (Å²) < 4.78 is 0.632. The number of carboxylic acids is 1. The second kappa shape index (κ2) is 6.28. The van der Waals surface area contributed by atoms with Gasteiger partial charge in [0.25, 0.3) is 5.69 Å². The van der Waals surface area contributed by atoms with Gasteiger partial charge in [0.1, 0.15) is 0 Å². The Kier molecular flexibility index (Phi) is 4.64. The minimum Gasteiger partial charge on any atom is -0.478 e. The first-order valence-corrected chi connectivity index (χ1v) is 7.45. The number of aryl methyl sites for hydroxylation is 1. The van der Waals surface area contributed by atoms with E-state index >= 15 is 0 Å². The molecule has 0 heterocycles. The fourth-order valence-corrected chi connectivity index (χ4v) is 3.20. The Hall–Kier alpha value is -1.86. The molecular formula is C14H10BrNO4S. The molecule has 5 nitrogen and oxygen atoms in total. The van der Waals surface area contributed by atoms with Crippen molar-refractivity contribution in [2.75, 3.05) is 0 Å². The van der Waals surface area contributed by atoms with E-state index in [0.29, 0.717) is 10.0 Å². The molecule has 2 aromatic rings. The third kappa shape index (κ3) is 3.62. The zero-order valence-corrected chi connectivity index (χ0v) is 13.3. The summed E-state index contributed by atoms with van der Waals surface area (Å²) in [4.78, 5) is 22.9. The number of aromatic carboxylic acids is 1. The van der Waals surface area contributed by atoms with E-state index in [1.165, 1.54) is 30.0 Å². The normalized spacial score (nSPS) is 10.4. The first kappa shape index (κ1) is 15.5. The van der Waals surface area contributed by atoms with E-state index in [-0.39, 0.29) is 11.3 Å². The van der Waals surface area contributed by atoms with Crippen LogP contribution in [0.15, 0.2) is 50.7 Å². The molecule has 2 aromatic carbocycles. The predicted molar refractivity (Wildman–Crippen MR) is 83.1 cm³/mol. The lowest BCUT2D eigenvalue weighted by Crippen LogP contribution is -1.95. The van der Waals surface area contributed by atoms with Gasteiger partial charge in [-0.1, -0.05) is 11.8 Å². The number of nitro benzene ring substituents is 1. The maximum absolute atomic E-state index is 10.9. The summed E-state index contributed by atoms with van der Waals surface area (Å²) in [6, 6.07) is 9.67. The van der Waals surface area contributed by atoms with Gasteiger partial charge in [-0.2, -0.15) is 0 Å². The second-order valence-corrected chi connectivity index (χ2v) is 6.23. The minimum absolute atomic E-state index is 0.0625. The van der Waals surface area contributed by atoms with Crippen molar-refractivity contribution < 1.29 is 14.8 Å². The largest absolute Gasteiger partial charge is 0.478 e. The molecule has 0 aliphatic heterocycles. The maximum atomic E-state index is 10.9. The molecule has 0 aliphatic rings. The third-order valence-electron chi connectivity index (χ3n) is 2.78. The molecule has 0 fully saturated rings. The number of benzene rings is 2. The monoisotopic (exact) mass is 367 g/mol. The van der Waals surface area contributed by atoms with Gasteiger partial charge in [-0.15, -0.1) is 0 Å². The molecule has 0 saturated carbocycles. The van der Waals surface area contributed by atoms with E-state index < -0.39 is 10.9 Å². The number of rotatable bonds is 4. The van der Waals surface area contributed by atoms with Crippen molar-refractivity contribution in [3.8, 4) is 0 Å². The summed E-state index contributed by atoms with van der Waals surface area (Å²) in [6.07, 6.45) is 0. The summed E-state index contributed by atoms with van der Waals surface area (Å²) >= 11 is 4.73. The molecule has 0 aromatic heterocycles. The van der Waals surface area contributed by atoms with Gasteiger partial charge in [-0.05, 0) is 53.2 Å². The van der Waals surface area contributed by atoms with E-state index in [1.54, 1.807) is 25.1 Å². The van der Waals surface area contributed by atoms with Crippen molar-refractivity contribution in [1.82, 2.24) is 0 Å². The smallest absolute Gasteiger partial charge is 0.335 e. The van der Waals surface area contributed by atoms with E-state index in [4.69, 9.17) is 5.11 Å². The van der Waals surface area contributed by atoms with Crippen LogP contribution in [-0.2, 0) is 0 Å². The average Bonchev–Trinajstić information content (AvgIpc) is 2.42. The highest BCUT2D eigenvalue weighted by atomic mass is 79.9. The van der Waals surface area contributed by atoms with Crippen molar-refractivity contribution >= 4 is 39.3 Å². The van der Waals surface area contributed by atoms with Crippen LogP contribution in [0.1, 0.15) is 15.9 Å². The van der Waals surface area contributed by atoms with Crippen LogP contribution in [0, 0.1) is 17.0 Å². The predicted octanol–water partition coefficient (Wildman–Crippen LogP) is 4.52. The van der Waals surface area contributed by atoms with Crippen molar-refractivity contribution in [2.45, 2.75) is 16.7 Å². The van der Waals surface area contributed by atoms with Gasteiger partial charge in [-0.3, -0.25) is 10.1 Å². The molecule has 0 amide bonds. The van der Waals surface area contributed by atoms with Gasteiger partial charge >= 0.3 is 5.97 Å². The Morgan fingerprint density at radius 2 is 1.90 bits per heavy atom. The number of nitrogens with zero attached hydrogens (tertiary/aromatic N) is 1. The van der Waals surface area contributed by atoms with Crippen molar-refractivity contribution in [3.05, 3.63) is 62.1 Å². The van der Waals surface area contributed by atoms with Crippen molar-refractivity contribution in [3.63, 3.8) is 0 Å². The quantitative estimate of drug-likeness (QED) is 0.634. The Balaban J connectivity index is 2.29. The lowest BCUT2D eigenvalue weighted by molar-refractivity contribution is -0.385. The highest BCUT2D eigenvalue weighted by molar-refractivity contribution is 9.10. The highest BCUT2D eigenvalue weighted by Crippen LogP contribution is 2.37. The molecule has 7 heteroatoms. The number of carboxylic acid groups (broad SMARTS) is 1. The summed E-state index contributed by atoms with van der Waals surface area (Å²) in [5.41, 5.74) is 0.860. The van der Waals surface area contributed by atoms with Crippen LogP contribution >= 0.6 is 27.7 Å². The maximum Gasteiger partial charge on any atom is 0.335 e. The first-order valence-electron chi connectivity index (χ1n) is 5.84. The SMILES string of the molecule is Cc1cc(Sc2ccc(C(=O)O)cc2)c(Br)cc1[N+](=O)[O-]. The van der Waals surface area contributed by atoms with Gasteiger partial charge in [0.2, 0.25) is 0 Å². The Bertz CT molecular complexity index is 716. The van der Waals surface area contributed by atoms with Crippen LogP contribution in [-0.4, -0.2) is 16.0 Å². The summed E-state index contributed by atoms with van der Waals surface area (Å²) in [5, 5.41) is 19.7. The van der Waals surface area contributed by atoms with Gasteiger partial charge in [0.15, 0.2) is 0 Å². The fourth-order valence-electron chi connectivity index (χ4n) is 1.71. The van der Waals surface area contributed by atoms with Gasteiger partial charge < -0.3 is 5.11 Å². The molecule has 0 aliphatic carbocycles. The number of nitro groups is 1. The molecule has 0 radical (unpaired) electrons. The van der Waals surface area contributed by atoms with Gasteiger partial charge in [0.05, 0.1) is 10.5 Å². The molecule has 0 unspecified atom stereocenters. The summed E-state index contributed by atoms with van der Waals surface area (Å²) in [5.74, 6) is -0.973. The standard InChI is InChI=1S/C14H10BrNO4S/c1-8-6-13(11(15)7-12(8)16(19)20)21-10-4-2-9(3-5-10)14(17)18/h2-7H,1H3,(H,17,18). The van der Waals surface area contributed by atoms with Crippen molar-refractivity contribution in [2.24, 2.45) is 0 Å². The number of hydrogen-bond acceptors (Lipinski definition) is 4. The molecular weight excluding hydrogens is 358 g/mol. The molecule has 0 bridgehead atoms. The van der Waals surface area contributed by atoms with Crippen LogP contribution in [0.3, 0.4) is 0 Å². The highest BCUT2D eigenvalue weighted by Gasteiger charge is 2.15. The van der Waals surface area contributed by atoms with E-state index in [9.17, 15) is 14.9 Å².